The molecule has 276 valence electrons. The summed E-state index contributed by atoms with van der Waals surface area (Å²) in [6, 6.07) is 9.17. The number of fused-ring (bicyclic) bond motifs is 3. The van der Waals surface area contributed by atoms with Gasteiger partial charge in [0.25, 0.3) is 5.91 Å². The van der Waals surface area contributed by atoms with Crippen molar-refractivity contribution < 1.29 is 37.0 Å². The number of amides is 3. The quantitative estimate of drug-likeness (QED) is 0.275. The molecule has 5 atom stereocenters. The van der Waals surface area contributed by atoms with Crippen molar-refractivity contribution in [2.75, 3.05) is 26.1 Å². The van der Waals surface area contributed by atoms with Gasteiger partial charge in [0.2, 0.25) is 33.6 Å². The van der Waals surface area contributed by atoms with Gasteiger partial charge in [-0.15, -0.1) is 0 Å². The Morgan fingerprint density at radius 3 is 2.62 bits per heavy atom. The SMILES string of the molecule is COc1ccc2c(O[C@@H]3C[C@H]4C(=O)N[C@]5(C(=O)NS(=O)(=O)C6CC6)C[C@H]5/C=C\CCCCC[C@H](Nc5ccc(OC)nc5)C(=O)N4C3)nccc2c1. The number of carbonyl (C=O) groups is 3. The molecule has 1 saturated heterocycles. The number of ether oxygens (including phenoxy) is 3. The number of anilines is 1. The van der Waals surface area contributed by atoms with Gasteiger partial charge in [0.05, 0.1) is 37.9 Å². The van der Waals surface area contributed by atoms with Crippen LogP contribution in [0.25, 0.3) is 10.8 Å². The van der Waals surface area contributed by atoms with E-state index in [0.29, 0.717) is 42.5 Å². The summed E-state index contributed by atoms with van der Waals surface area (Å²) in [6.07, 6.45) is 11.6. The molecular formula is C37H44N6O8S. The van der Waals surface area contributed by atoms with Gasteiger partial charge in [-0.25, -0.2) is 18.4 Å². The number of pyridine rings is 2. The Balaban J connectivity index is 1.19. The molecule has 3 amide bonds. The van der Waals surface area contributed by atoms with E-state index >= 15 is 0 Å². The molecule has 1 aromatic carbocycles. The molecule has 2 saturated carbocycles. The van der Waals surface area contributed by atoms with Crippen molar-refractivity contribution in [3.63, 3.8) is 0 Å². The molecule has 3 N–H and O–H groups in total. The van der Waals surface area contributed by atoms with Gasteiger partial charge in [-0.05, 0) is 74.2 Å². The van der Waals surface area contributed by atoms with E-state index in [-0.39, 0.29) is 31.2 Å². The van der Waals surface area contributed by atoms with Crippen molar-refractivity contribution in [3.8, 4) is 17.5 Å². The number of rotatable bonds is 9. The van der Waals surface area contributed by atoms with E-state index in [2.05, 4.69) is 25.3 Å². The van der Waals surface area contributed by atoms with Gasteiger partial charge in [0, 0.05) is 30.0 Å². The van der Waals surface area contributed by atoms with E-state index in [4.69, 9.17) is 14.2 Å². The predicted octanol–water partition coefficient (Wildman–Crippen LogP) is 3.48. The fourth-order valence-corrected chi connectivity index (χ4v) is 8.51. The third-order valence-corrected chi connectivity index (χ3v) is 12.2. The van der Waals surface area contributed by atoms with Crippen LogP contribution in [-0.4, -0.2) is 90.7 Å². The summed E-state index contributed by atoms with van der Waals surface area (Å²) in [5.74, 6) is -0.518. The van der Waals surface area contributed by atoms with E-state index in [1.807, 2.05) is 36.4 Å². The fourth-order valence-electron chi connectivity index (χ4n) is 7.14. The number of hydrogen-bond acceptors (Lipinski definition) is 11. The summed E-state index contributed by atoms with van der Waals surface area (Å²) in [5, 5.41) is 7.25. The van der Waals surface area contributed by atoms with E-state index < -0.39 is 50.8 Å². The highest BCUT2D eigenvalue weighted by Crippen LogP contribution is 2.46. The number of allylic oxidation sites excluding steroid dienone is 1. The number of nitrogens with zero attached hydrogens (tertiary/aromatic N) is 3. The van der Waals surface area contributed by atoms with Crippen LogP contribution < -0.4 is 29.6 Å². The Hall–Kier alpha value is -4.92. The summed E-state index contributed by atoms with van der Waals surface area (Å²) >= 11 is 0. The number of carbonyl (C=O) groups excluding carboxylic acids is 3. The topological polar surface area (TPSA) is 178 Å². The maximum absolute atomic E-state index is 14.6. The Bertz CT molecular complexity index is 1970. The smallest absolute Gasteiger partial charge is 0.259 e. The van der Waals surface area contributed by atoms with Crippen molar-refractivity contribution in [1.29, 1.82) is 0 Å². The van der Waals surface area contributed by atoms with Crippen LogP contribution in [0, 0.1) is 5.92 Å². The Kier molecular flexibility index (Phi) is 9.96. The molecule has 0 spiro atoms. The van der Waals surface area contributed by atoms with Gasteiger partial charge in [-0.1, -0.05) is 25.0 Å². The minimum atomic E-state index is -3.86. The first-order valence-electron chi connectivity index (χ1n) is 17.8. The van der Waals surface area contributed by atoms with E-state index in [0.717, 1.165) is 36.5 Å². The van der Waals surface area contributed by atoms with Crippen LogP contribution in [0.15, 0.2) is 60.9 Å². The van der Waals surface area contributed by atoms with Gasteiger partial charge in [0.15, 0.2) is 0 Å². The van der Waals surface area contributed by atoms with Crippen LogP contribution >= 0.6 is 0 Å². The van der Waals surface area contributed by atoms with E-state index in [1.165, 1.54) is 12.0 Å². The summed E-state index contributed by atoms with van der Waals surface area (Å²) in [4.78, 5) is 52.9. The summed E-state index contributed by atoms with van der Waals surface area (Å²) in [6.45, 7) is 0.0861. The first-order valence-corrected chi connectivity index (χ1v) is 19.4. The lowest BCUT2D eigenvalue weighted by Gasteiger charge is -2.30. The summed E-state index contributed by atoms with van der Waals surface area (Å²) in [5.41, 5.74) is -0.830. The Morgan fingerprint density at radius 1 is 1.02 bits per heavy atom. The molecule has 2 aliphatic carbocycles. The number of sulfonamides is 1. The van der Waals surface area contributed by atoms with Crippen LogP contribution in [-0.2, 0) is 24.4 Å². The third-order valence-electron chi connectivity index (χ3n) is 10.3. The average molecular weight is 733 g/mol. The summed E-state index contributed by atoms with van der Waals surface area (Å²) < 4.78 is 44.9. The molecular weight excluding hydrogens is 689 g/mol. The third kappa shape index (κ3) is 7.50. The molecule has 4 heterocycles. The average Bonchev–Trinajstić information content (AvgIpc) is 4.07. The highest BCUT2D eigenvalue weighted by molar-refractivity contribution is 7.91. The second kappa shape index (κ2) is 14.6. The molecule has 2 aliphatic heterocycles. The molecule has 4 aliphatic rings. The lowest BCUT2D eigenvalue weighted by Crippen LogP contribution is -2.57. The molecule has 2 aromatic heterocycles. The van der Waals surface area contributed by atoms with E-state index in [9.17, 15) is 22.8 Å². The number of hydrogen-bond donors (Lipinski definition) is 3. The second-order valence-corrected chi connectivity index (χ2v) is 15.9. The van der Waals surface area contributed by atoms with Gasteiger partial charge in [-0.3, -0.25) is 19.1 Å². The predicted molar refractivity (Wildman–Crippen MR) is 192 cm³/mol. The molecule has 14 nitrogen and oxygen atoms in total. The minimum absolute atomic E-state index is 0.0861. The second-order valence-electron chi connectivity index (χ2n) is 14.0. The molecule has 7 rings (SSSR count). The monoisotopic (exact) mass is 732 g/mol. The Morgan fingerprint density at radius 2 is 1.87 bits per heavy atom. The first-order chi connectivity index (χ1) is 25.1. The van der Waals surface area contributed by atoms with E-state index in [1.54, 1.807) is 31.6 Å². The van der Waals surface area contributed by atoms with Crippen LogP contribution in [0.2, 0.25) is 0 Å². The molecule has 0 unspecified atom stereocenters. The zero-order valence-electron chi connectivity index (χ0n) is 29.2. The van der Waals surface area contributed by atoms with Crippen LogP contribution in [0.1, 0.15) is 57.8 Å². The normalized spacial score (nSPS) is 27.2. The van der Waals surface area contributed by atoms with Gasteiger partial charge >= 0.3 is 0 Å². The number of methoxy groups -OCH3 is 2. The van der Waals surface area contributed by atoms with Gasteiger partial charge in [-0.2, -0.15) is 0 Å². The van der Waals surface area contributed by atoms with Crippen molar-refractivity contribution in [2.45, 2.75) is 86.8 Å². The van der Waals surface area contributed by atoms with Crippen molar-refractivity contribution in [3.05, 3.63) is 60.9 Å². The maximum atomic E-state index is 14.6. The lowest BCUT2D eigenvalue weighted by molar-refractivity contribution is -0.140. The molecule has 0 radical (unpaired) electrons. The molecule has 15 heteroatoms. The number of benzene rings is 1. The highest BCUT2D eigenvalue weighted by Gasteiger charge is 2.62. The standard InChI is InChI=1S/C37H44N6O8S/c1-49-26-11-14-29-23(18-26)16-17-38-34(29)51-27-19-31-33(44)41-37(36(46)42-52(47,48)28-12-13-28)20-24(37)8-6-4-3-5-7-9-30(35(45)43(31)22-27)40-25-10-15-32(50-2)39-21-25/h6,8,10-11,14-18,21,24,27-28,30-31,40H,3-5,7,9,12-13,19-20,22H2,1-2H3,(H,41,44)(H,42,46)/b8-6-/t24-,27-,30+,31+,37-/m1/s1. The number of aromatic nitrogens is 2. The zero-order valence-corrected chi connectivity index (χ0v) is 30.1. The van der Waals surface area contributed by atoms with Crippen LogP contribution in [0.4, 0.5) is 5.69 Å². The summed E-state index contributed by atoms with van der Waals surface area (Å²) in [7, 11) is -0.741. The maximum Gasteiger partial charge on any atom is 0.259 e. The highest BCUT2D eigenvalue weighted by atomic mass is 32.2. The first kappa shape index (κ1) is 35.5. The van der Waals surface area contributed by atoms with Gasteiger partial charge < -0.3 is 29.7 Å². The Labute approximate surface area is 302 Å². The zero-order chi connectivity index (χ0) is 36.5. The number of nitrogens with one attached hydrogen (secondary N) is 3. The van der Waals surface area contributed by atoms with Crippen LogP contribution in [0.3, 0.4) is 0 Å². The van der Waals surface area contributed by atoms with Crippen LogP contribution in [0.5, 0.6) is 17.5 Å². The largest absolute Gasteiger partial charge is 0.497 e. The molecule has 3 fully saturated rings. The minimum Gasteiger partial charge on any atom is -0.497 e. The molecule has 52 heavy (non-hydrogen) atoms. The van der Waals surface area contributed by atoms with Crippen molar-refractivity contribution in [2.24, 2.45) is 5.92 Å². The van der Waals surface area contributed by atoms with Crippen molar-refractivity contribution >= 4 is 44.2 Å². The lowest BCUT2D eigenvalue weighted by atomic mass is 10.0. The van der Waals surface area contributed by atoms with Gasteiger partial charge in [0.1, 0.15) is 29.5 Å². The van der Waals surface area contributed by atoms with Crippen molar-refractivity contribution in [1.82, 2.24) is 24.9 Å². The molecule has 3 aromatic rings. The fraction of sp³-hybridized carbons (Fsp3) is 0.486. The molecule has 0 bridgehead atoms.